The maximum absolute atomic E-state index is 11.9. The summed E-state index contributed by atoms with van der Waals surface area (Å²) in [5, 5.41) is 2.84. The Bertz CT molecular complexity index is 694. The van der Waals surface area contributed by atoms with Crippen molar-refractivity contribution in [2.45, 2.75) is 6.92 Å². The van der Waals surface area contributed by atoms with E-state index in [0.717, 1.165) is 17.1 Å². The summed E-state index contributed by atoms with van der Waals surface area (Å²) >= 11 is 0. The van der Waals surface area contributed by atoms with Crippen LogP contribution in [0, 0.1) is 0 Å². The molecule has 0 atom stereocenters. The number of fused-ring (bicyclic) bond motifs is 1. The quantitative estimate of drug-likeness (QED) is 0.850. The van der Waals surface area contributed by atoms with Gasteiger partial charge >= 0.3 is 0 Å². The van der Waals surface area contributed by atoms with Gasteiger partial charge in [0.15, 0.2) is 5.78 Å². The van der Waals surface area contributed by atoms with Gasteiger partial charge in [-0.05, 0) is 31.2 Å². The van der Waals surface area contributed by atoms with Crippen LogP contribution in [-0.4, -0.2) is 18.2 Å². The predicted octanol–water partition coefficient (Wildman–Crippen LogP) is 2.98. The zero-order chi connectivity index (χ0) is 14.1. The molecule has 20 heavy (non-hydrogen) atoms. The number of Topliss-reactive ketones (excluding diaryl/α,β-unsaturated/α-hetero) is 1. The van der Waals surface area contributed by atoms with Gasteiger partial charge < -0.3 is 10.2 Å². The van der Waals surface area contributed by atoms with Gasteiger partial charge in [0.25, 0.3) is 0 Å². The number of rotatable bonds is 2. The van der Waals surface area contributed by atoms with Gasteiger partial charge in [0, 0.05) is 5.56 Å². The number of carbonyl (C=O) groups is 2. The van der Waals surface area contributed by atoms with Crippen molar-refractivity contribution in [1.29, 1.82) is 0 Å². The van der Waals surface area contributed by atoms with E-state index >= 15 is 0 Å². The molecule has 0 aromatic heterocycles. The third-order valence-electron chi connectivity index (χ3n) is 3.34. The molecule has 2 aromatic rings. The van der Waals surface area contributed by atoms with Crippen molar-refractivity contribution < 1.29 is 9.59 Å². The van der Waals surface area contributed by atoms with Crippen LogP contribution in [0.25, 0.3) is 0 Å². The summed E-state index contributed by atoms with van der Waals surface area (Å²) in [7, 11) is 0. The molecule has 0 unspecified atom stereocenters. The summed E-state index contributed by atoms with van der Waals surface area (Å²) in [5.41, 5.74) is 3.06. The van der Waals surface area contributed by atoms with E-state index in [4.69, 9.17) is 0 Å². The van der Waals surface area contributed by atoms with E-state index in [-0.39, 0.29) is 18.2 Å². The fraction of sp³-hybridized carbons (Fsp3) is 0.125. The second-order valence-electron chi connectivity index (χ2n) is 4.72. The fourth-order valence-electron chi connectivity index (χ4n) is 2.45. The first-order chi connectivity index (χ1) is 9.66. The second-order valence-corrected chi connectivity index (χ2v) is 4.72. The molecule has 0 fully saturated rings. The van der Waals surface area contributed by atoms with E-state index in [9.17, 15) is 9.59 Å². The average Bonchev–Trinajstić information content (AvgIpc) is 2.46. The molecule has 0 radical (unpaired) electrons. The standard InChI is InChI=1S/C16H14N2O2/c1-11(19)12-6-2-4-8-14(12)18-10-16(20)17-13-7-3-5-9-15(13)18/h2-9H,10H2,1H3,(H,17,20). The zero-order valence-corrected chi connectivity index (χ0v) is 11.1. The molecule has 2 aromatic carbocycles. The summed E-state index contributed by atoms with van der Waals surface area (Å²) < 4.78 is 0. The Kier molecular flexibility index (Phi) is 2.99. The van der Waals surface area contributed by atoms with E-state index in [0.29, 0.717) is 5.56 Å². The highest BCUT2D eigenvalue weighted by atomic mass is 16.2. The Hall–Kier alpha value is -2.62. The Morgan fingerprint density at radius 1 is 1.05 bits per heavy atom. The Labute approximate surface area is 117 Å². The van der Waals surface area contributed by atoms with Crippen molar-refractivity contribution in [2.75, 3.05) is 16.8 Å². The second kappa shape index (κ2) is 4.81. The van der Waals surface area contributed by atoms with Gasteiger partial charge in [-0.1, -0.05) is 24.3 Å². The molecule has 0 saturated heterocycles. The topological polar surface area (TPSA) is 49.4 Å². The van der Waals surface area contributed by atoms with Gasteiger partial charge in [-0.2, -0.15) is 0 Å². The first-order valence-electron chi connectivity index (χ1n) is 6.43. The highest BCUT2D eigenvalue weighted by Crippen LogP contribution is 2.36. The van der Waals surface area contributed by atoms with Crippen LogP contribution in [0.4, 0.5) is 17.1 Å². The van der Waals surface area contributed by atoms with Crippen LogP contribution < -0.4 is 10.2 Å². The number of benzene rings is 2. The molecule has 4 heteroatoms. The van der Waals surface area contributed by atoms with Gasteiger partial charge in [-0.15, -0.1) is 0 Å². The Balaban J connectivity index is 2.16. The maximum atomic E-state index is 11.9. The van der Waals surface area contributed by atoms with Crippen LogP contribution in [0.5, 0.6) is 0 Å². The van der Waals surface area contributed by atoms with Gasteiger partial charge in [-0.3, -0.25) is 9.59 Å². The van der Waals surface area contributed by atoms with Gasteiger partial charge in [0.05, 0.1) is 17.1 Å². The summed E-state index contributed by atoms with van der Waals surface area (Å²) in [6.07, 6.45) is 0. The van der Waals surface area contributed by atoms with Gasteiger partial charge in [0.1, 0.15) is 6.54 Å². The molecule has 1 amide bonds. The van der Waals surface area contributed by atoms with Gasteiger partial charge in [0.2, 0.25) is 5.91 Å². The molecule has 3 rings (SSSR count). The Morgan fingerprint density at radius 3 is 2.45 bits per heavy atom. The smallest absolute Gasteiger partial charge is 0.244 e. The largest absolute Gasteiger partial charge is 0.330 e. The first-order valence-corrected chi connectivity index (χ1v) is 6.43. The molecular formula is C16H14N2O2. The highest BCUT2D eigenvalue weighted by Gasteiger charge is 2.24. The van der Waals surface area contributed by atoms with Crippen molar-refractivity contribution in [3.8, 4) is 0 Å². The number of anilines is 3. The molecule has 0 spiro atoms. The number of amides is 1. The average molecular weight is 266 g/mol. The van der Waals surface area contributed by atoms with Crippen LogP contribution in [-0.2, 0) is 4.79 Å². The van der Waals surface area contributed by atoms with E-state index in [1.54, 1.807) is 6.07 Å². The number of carbonyl (C=O) groups excluding carboxylic acids is 2. The molecule has 0 aliphatic carbocycles. The number of hydrogen-bond acceptors (Lipinski definition) is 3. The van der Waals surface area contributed by atoms with E-state index in [2.05, 4.69) is 5.32 Å². The van der Waals surface area contributed by atoms with Crippen molar-refractivity contribution in [3.63, 3.8) is 0 Å². The first kappa shape index (κ1) is 12.4. The minimum Gasteiger partial charge on any atom is -0.330 e. The van der Waals surface area contributed by atoms with Crippen LogP contribution in [0.1, 0.15) is 17.3 Å². The number of para-hydroxylation sites is 3. The van der Waals surface area contributed by atoms with Crippen molar-refractivity contribution >= 4 is 28.8 Å². The predicted molar refractivity (Wildman–Crippen MR) is 78.5 cm³/mol. The zero-order valence-electron chi connectivity index (χ0n) is 11.1. The number of hydrogen-bond donors (Lipinski definition) is 1. The monoisotopic (exact) mass is 266 g/mol. The van der Waals surface area contributed by atoms with Gasteiger partial charge in [-0.25, -0.2) is 0 Å². The number of nitrogens with one attached hydrogen (secondary N) is 1. The molecule has 0 bridgehead atoms. The normalized spacial score (nSPS) is 13.7. The minimum absolute atomic E-state index is 0.0101. The summed E-state index contributed by atoms with van der Waals surface area (Å²) in [5.74, 6) is -0.0916. The van der Waals surface area contributed by atoms with Crippen LogP contribution >= 0.6 is 0 Å². The molecule has 0 saturated carbocycles. The Morgan fingerprint density at radius 2 is 1.70 bits per heavy atom. The molecule has 100 valence electrons. The summed E-state index contributed by atoms with van der Waals surface area (Å²) in [6, 6.07) is 14.9. The third-order valence-corrected chi connectivity index (χ3v) is 3.34. The molecule has 4 nitrogen and oxygen atoms in total. The molecular weight excluding hydrogens is 252 g/mol. The lowest BCUT2D eigenvalue weighted by Crippen LogP contribution is -2.35. The fourth-order valence-corrected chi connectivity index (χ4v) is 2.45. The van der Waals surface area contributed by atoms with E-state index in [1.807, 2.05) is 47.4 Å². The highest BCUT2D eigenvalue weighted by molar-refractivity contribution is 6.06. The molecule has 1 N–H and O–H groups in total. The minimum atomic E-state index is -0.0814. The number of ketones is 1. The third kappa shape index (κ3) is 2.05. The molecule has 1 aliphatic rings. The van der Waals surface area contributed by atoms with Crippen LogP contribution in [0.3, 0.4) is 0 Å². The van der Waals surface area contributed by atoms with Crippen molar-refractivity contribution in [1.82, 2.24) is 0 Å². The van der Waals surface area contributed by atoms with E-state index < -0.39 is 0 Å². The number of nitrogens with zero attached hydrogens (tertiary/aromatic N) is 1. The van der Waals surface area contributed by atoms with Crippen molar-refractivity contribution in [3.05, 3.63) is 54.1 Å². The summed E-state index contributed by atoms with van der Waals surface area (Å²) in [4.78, 5) is 25.5. The lowest BCUT2D eigenvalue weighted by atomic mass is 10.1. The maximum Gasteiger partial charge on any atom is 0.244 e. The van der Waals surface area contributed by atoms with Crippen LogP contribution in [0.2, 0.25) is 0 Å². The van der Waals surface area contributed by atoms with E-state index in [1.165, 1.54) is 6.92 Å². The molecule has 1 heterocycles. The molecule has 1 aliphatic heterocycles. The SMILES string of the molecule is CC(=O)c1ccccc1N1CC(=O)Nc2ccccc21. The lowest BCUT2D eigenvalue weighted by Gasteiger charge is -2.31. The summed E-state index contributed by atoms with van der Waals surface area (Å²) in [6.45, 7) is 1.75. The van der Waals surface area contributed by atoms with Crippen LogP contribution in [0.15, 0.2) is 48.5 Å². The van der Waals surface area contributed by atoms with Crippen molar-refractivity contribution in [2.24, 2.45) is 0 Å². The lowest BCUT2D eigenvalue weighted by molar-refractivity contribution is -0.115.